The summed E-state index contributed by atoms with van der Waals surface area (Å²) < 4.78 is 11.5. The van der Waals surface area contributed by atoms with Gasteiger partial charge in [-0.15, -0.1) is 0 Å². The Morgan fingerprint density at radius 1 is 1.14 bits per heavy atom. The number of hydrogen-bond donors (Lipinski definition) is 2. The molecule has 0 spiro atoms. The first kappa shape index (κ1) is 16.1. The van der Waals surface area contributed by atoms with Crippen molar-refractivity contribution in [3.05, 3.63) is 57.0 Å². The first-order valence-corrected chi connectivity index (χ1v) is 7.40. The van der Waals surface area contributed by atoms with Crippen molar-refractivity contribution in [2.45, 2.75) is 6.04 Å². The molecular weight excluding hydrogens is 356 g/mol. The lowest BCUT2D eigenvalue weighted by atomic mass is 9.98. The quantitative estimate of drug-likeness (QED) is 0.622. The second kappa shape index (κ2) is 7.13. The van der Waals surface area contributed by atoms with E-state index < -0.39 is 0 Å². The molecule has 0 amide bonds. The molecule has 0 saturated heterocycles. The van der Waals surface area contributed by atoms with Gasteiger partial charge in [0.15, 0.2) is 0 Å². The first-order chi connectivity index (χ1) is 10.1. The van der Waals surface area contributed by atoms with Crippen LogP contribution in [0.1, 0.15) is 17.2 Å². The second-order valence-corrected chi connectivity index (χ2v) is 5.64. The number of ether oxygens (including phenoxy) is 2. The van der Waals surface area contributed by atoms with E-state index in [1.54, 1.807) is 14.2 Å². The molecule has 2 aromatic carbocycles. The molecule has 4 nitrogen and oxygen atoms in total. The van der Waals surface area contributed by atoms with E-state index in [9.17, 15) is 0 Å². The normalized spacial score (nSPS) is 12.0. The van der Waals surface area contributed by atoms with E-state index in [4.69, 9.17) is 26.9 Å². The lowest BCUT2D eigenvalue weighted by molar-refractivity contribution is 0.387. The molecule has 0 radical (unpaired) electrons. The van der Waals surface area contributed by atoms with Crippen LogP contribution < -0.4 is 20.7 Å². The maximum Gasteiger partial charge on any atom is 0.127 e. The van der Waals surface area contributed by atoms with Gasteiger partial charge in [-0.05, 0) is 45.8 Å². The van der Waals surface area contributed by atoms with E-state index in [0.29, 0.717) is 10.8 Å². The molecule has 21 heavy (non-hydrogen) atoms. The summed E-state index contributed by atoms with van der Waals surface area (Å²) in [6.07, 6.45) is 0. The third-order valence-corrected chi connectivity index (χ3v) is 4.41. The Kier molecular flexibility index (Phi) is 5.47. The lowest BCUT2D eigenvalue weighted by Gasteiger charge is -2.20. The van der Waals surface area contributed by atoms with E-state index in [2.05, 4.69) is 21.4 Å². The van der Waals surface area contributed by atoms with Crippen LogP contribution in [0.3, 0.4) is 0 Å². The fourth-order valence-corrected chi connectivity index (χ4v) is 2.63. The molecule has 0 aromatic heterocycles. The molecule has 112 valence electrons. The van der Waals surface area contributed by atoms with Crippen molar-refractivity contribution in [3.63, 3.8) is 0 Å². The van der Waals surface area contributed by atoms with E-state index in [0.717, 1.165) is 21.3 Å². The first-order valence-electron chi connectivity index (χ1n) is 6.23. The van der Waals surface area contributed by atoms with E-state index in [1.807, 2.05) is 36.4 Å². The average Bonchev–Trinajstić information content (AvgIpc) is 2.51. The molecule has 3 N–H and O–H groups in total. The Labute approximate surface area is 137 Å². The van der Waals surface area contributed by atoms with Crippen LogP contribution in [-0.4, -0.2) is 14.2 Å². The van der Waals surface area contributed by atoms with Crippen LogP contribution in [-0.2, 0) is 0 Å². The highest BCUT2D eigenvalue weighted by Crippen LogP contribution is 2.34. The topological polar surface area (TPSA) is 56.5 Å². The van der Waals surface area contributed by atoms with Gasteiger partial charge in [-0.1, -0.05) is 17.7 Å². The van der Waals surface area contributed by atoms with Gasteiger partial charge in [-0.3, -0.25) is 5.84 Å². The Morgan fingerprint density at radius 3 is 2.48 bits per heavy atom. The van der Waals surface area contributed by atoms with Crippen LogP contribution in [0.25, 0.3) is 0 Å². The number of nitrogens with two attached hydrogens (primary N) is 1. The molecule has 0 aliphatic rings. The van der Waals surface area contributed by atoms with Gasteiger partial charge in [-0.25, -0.2) is 5.43 Å². The van der Waals surface area contributed by atoms with E-state index in [-0.39, 0.29) is 6.04 Å². The van der Waals surface area contributed by atoms with Crippen molar-refractivity contribution in [2.24, 2.45) is 5.84 Å². The minimum atomic E-state index is -0.223. The number of benzene rings is 2. The summed E-state index contributed by atoms with van der Waals surface area (Å²) in [7, 11) is 3.23. The molecule has 0 saturated carbocycles. The molecule has 1 atom stereocenters. The monoisotopic (exact) mass is 370 g/mol. The summed E-state index contributed by atoms with van der Waals surface area (Å²) in [5.41, 5.74) is 4.69. The summed E-state index contributed by atoms with van der Waals surface area (Å²) in [5.74, 6) is 7.16. The molecule has 0 aliphatic carbocycles. The summed E-state index contributed by atoms with van der Waals surface area (Å²) in [6.45, 7) is 0. The molecule has 1 unspecified atom stereocenters. The number of methoxy groups -OCH3 is 2. The molecule has 0 aliphatic heterocycles. The van der Waals surface area contributed by atoms with Gasteiger partial charge < -0.3 is 9.47 Å². The Hall–Kier alpha value is -1.27. The van der Waals surface area contributed by atoms with Crippen molar-refractivity contribution in [1.29, 1.82) is 0 Å². The van der Waals surface area contributed by atoms with Crippen LogP contribution in [0.5, 0.6) is 11.5 Å². The zero-order chi connectivity index (χ0) is 15.4. The predicted molar refractivity (Wildman–Crippen MR) is 87.9 cm³/mol. The minimum absolute atomic E-state index is 0.223. The zero-order valence-corrected chi connectivity index (χ0v) is 14.0. The highest BCUT2D eigenvalue weighted by atomic mass is 79.9. The molecule has 0 bridgehead atoms. The van der Waals surface area contributed by atoms with Gasteiger partial charge in [0, 0.05) is 16.1 Å². The predicted octanol–water partition coefficient (Wildman–Crippen LogP) is 3.67. The second-order valence-electron chi connectivity index (χ2n) is 4.38. The van der Waals surface area contributed by atoms with Gasteiger partial charge in [0.1, 0.15) is 11.5 Å². The van der Waals surface area contributed by atoms with Crippen LogP contribution in [0.15, 0.2) is 40.9 Å². The summed E-state index contributed by atoms with van der Waals surface area (Å²) in [5, 5.41) is 0.649. The lowest BCUT2D eigenvalue weighted by Crippen LogP contribution is -2.29. The molecule has 6 heteroatoms. The average molecular weight is 372 g/mol. The van der Waals surface area contributed by atoms with Gasteiger partial charge in [-0.2, -0.15) is 0 Å². The molecule has 2 rings (SSSR count). The SMILES string of the molecule is COc1ccc(C(NN)c2ccc(Cl)c(Br)c2)c(OC)c1. The Balaban J connectivity index is 2.47. The number of hydrazine groups is 1. The van der Waals surface area contributed by atoms with Gasteiger partial charge >= 0.3 is 0 Å². The summed E-state index contributed by atoms with van der Waals surface area (Å²) in [4.78, 5) is 0. The molecule has 0 heterocycles. The van der Waals surface area contributed by atoms with Crippen LogP contribution in [0.4, 0.5) is 0 Å². The molecular formula is C15H16BrClN2O2. The number of halogens is 2. The van der Waals surface area contributed by atoms with E-state index in [1.165, 1.54) is 0 Å². The molecule has 2 aromatic rings. The van der Waals surface area contributed by atoms with Crippen LogP contribution in [0, 0.1) is 0 Å². The van der Waals surface area contributed by atoms with Gasteiger partial charge in [0.05, 0.1) is 25.3 Å². The largest absolute Gasteiger partial charge is 0.497 e. The Bertz CT molecular complexity index is 637. The van der Waals surface area contributed by atoms with Crippen molar-refractivity contribution < 1.29 is 9.47 Å². The van der Waals surface area contributed by atoms with Crippen molar-refractivity contribution >= 4 is 27.5 Å². The standard InChI is InChI=1S/C15H16BrClN2O2/c1-20-10-4-5-11(14(8-10)21-2)15(19-18)9-3-6-13(17)12(16)7-9/h3-8,15,19H,18H2,1-2H3. The smallest absolute Gasteiger partial charge is 0.127 e. The van der Waals surface area contributed by atoms with E-state index >= 15 is 0 Å². The third-order valence-electron chi connectivity index (χ3n) is 3.20. The highest BCUT2D eigenvalue weighted by molar-refractivity contribution is 9.10. The maximum absolute atomic E-state index is 6.03. The zero-order valence-electron chi connectivity index (χ0n) is 11.7. The maximum atomic E-state index is 6.03. The van der Waals surface area contributed by atoms with Crippen molar-refractivity contribution in [3.8, 4) is 11.5 Å². The third kappa shape index (κ3) is 3.49. The number of hydrogen-bond acceptors (Lipinski definition) is 4. The number of nitrogens with one attached hydrogen (secondary N) is 1. The molecule has 0 fully saturated rings. The minimum Gasteiger partial charge on any atom is -0.497 e. The van der Waals surface area contributed by atoms with Crippen LogP contribution in [0.2, 0.25) is 5.02 Å². The van der Waals surface area contributed by atoms with Crippen molar-refractivity contribution in [2.75, 3.05) is 14.2 Å². The summed E-state index contributed by atoms with van der Waals surface area (Å²) >= 11 is 9.46. The van der Waals surface area contributed by atoms with Gasteiger partial charge in [0.25, 0.3) is 0 Å². The Morgan fingerprint density at radius 2 is 1.90 bits per heavy atom. The number of rotatable bonds is 5. The van der Waals surface area contributed by atoms with Crippen molar-refractivity contribution in [1.82, 2.24) is 5.43 Å². The fraction of sp³-hybridized carbons (Fsp3) is 0.200. The highest BCUT2D eigenvalue weighted by Gasteiger charge is 2.18. The van der Waals surface area contributed by atoms with Gasteiger partial charge in [0.2, 0.25) is 0 Å². The summed E-state index contributed by atoms with van der Waals surface area (Å²) in [6, 6.07) is 11.1. The fourth-order valence-electron chi connectivity index (χ4n) is 2.11. The van der Waals surface area contributed by atoms with Crippen LogP contribution >= 0.6 is 27.5 Å².